The molecule has 2 aromatic rings. The summed E-state index contributed by atoms with van der Waals surface area (Å²) >= 11 is 0. The lowest BCUT2D eigenvalue weighted by Gasteiger charge is -2.17. The van der Waals surface area contributed by atoms with Crippen molar-refractivity contribution in [1.29, 1.82) is 0 Å². The van der Waals surface area contributed by atoms with Crippen LogP contribution in [0.4, 0.5) is 29.3 Å². The number of rotatable bonds is 8. The fraction of sp³-hybridized carbons (Fsp3) is 0.333. The van der Waals surface area contributed by atoms with E-state index in [0.717, 1.165) is 0 Å². The Morgan fingerprint density at radius 3 is 2.65 bits per heavy atom. The third-order valence-electron chi connectivity index (χ3n) is 4.49. The van der Waals surface area contributed by atoms with Crippen LogP contribution >= 0.6 is 0 Å². The van der Waals surface area contributed by atoms with Gasteiger partial charge in [-0.3, -0.25) is 9.69 Å². The number of alkyl halides is 3. The number of hydrogen-bond acceptors (Lipinski definition) is 5. The zero-order valence-corrected chi connectivity index (χ0v) is 16.7. The van der Waals surface area contributed by atoms with E-state index in [0.29, 0.717) is 29.9 Å². The van der Waals surface area contributed by atoms with Gasteiger partial charge >= 0.3 is 12.3 Å². The van der Waals surface area contributed by atoms with Crippen molar-refractivity contribution in [3.05, 3.63) is 48.0 Å². The van der Waals surface area contributed by atoms with Gasteiger partial charge < -0.3 is 19.5 Å². The Morgan fingerprint density at radius 2 is 1.97 bits per heavy atom. The molecule has 1 aliphatic rings. The highest BCUT2D eigenvalue weighted by molar-refractivity contribution is 5.99. The van der Waals surface area contributed by atoms with Gasteiger partial charge in [-0.05, 0) is 36.2 Å². The number of cyclic esters (lactones) is 1. The molecular weight excluding hydrogens is 417 g/mol. The number of carbonyl (C=O) groups excluding carboxylic acids is 2. The molecule has 0 saturated carbocycles. The molecule has 3 rings (SSSR count). The Kier molecular flexibility index (Phi) is 6.88. The molecule has 1 heterocycles. The van der Waals surface area contributed by atoms with Crippen LogP contribution in [-0.2, 0) is 16.0 Å². The van der Waals surface area contributed by atoms with Crippen molar-refractivity contribution < 1.29 is 37.0 Å². The van der Waals surface area contributed by atoms with Crippen molar-refractivity contribution in [1.82, 2.24) is 0 Å². The molecule has 2 aromatic carbocycles. The first-order chi connectivity index (χ1) is 14.8. The molecule has 0 unspecified atom stereocenters. The standard InChI is InChI=1S/C21H21F3N2O5/c1-29-18-12-14(6-8-17(18)31-13-21(22,23)24)7-9-19(27)25-15-4-2-3-5-16(15)26-10-11-30-20(26)28/h2-6,8,12H,7,9-11,13H2,1H3,(H,25,27). The molecule has 0 atom stereocenters. The molecular formula is C21H21F3N2O5. The summed E-state index contributed by atoms with van der Waals surface area (Å²) in [5.74, 6) is -0.157. The van der Waals surface area contributed by atoms with Crippen LogP contribution in [-0.4, -0.2) is 45.0 Å². The minimum absolute atomic E-state index is 0.0283. The number of hydrogen-bond donors (Lipinski definition) is 1. The van der Waals surface area contributed by atoms with Gasteiger partial charge in [0, 0.05) is 6.42 Å². The van der Waals surface area contributed by atoms with E-state index in [1.165, 1.54) is 24.1 Å². The molecule has 1 fully saturated rings. The molecule has 1 saturated heterocycles. The average molecular weight is 438 g/mol. The number of nitrogens with one attached hydrogen (secondary N) is 1. The monoisotopic (exact) mass is 438 g/mol. The van der Waals surface area contributed by atoms with Crippen molar-refractivity contribution in [2.45, 2.75) is 19.0 Å². The van der Waals surface area contributed by atoms with Gasteiger partial charge in [0.25, 0.3) is 0 Å². The molecule has 31 heavy (non-hydrogen) atoms. The van der Waals surface area contributed by atoms with E-state index in [4.69, 9.17) is 14.2 Å². The maximum atomic E-state index is 12.4. The van der Waals surface area contributed by atoms with Crippen LogP contribution in [0.3, 0.4) is 0 Å². The summed E-state index contributed by atoms with van der Waals surface area (Å²) in [5.41, 5.74) is 1.73. The maximum absolute atomic E-state index is 12.4. The van der Waals surface area contributed by atoms with Crippen LogP contribution in [0, 0.1) is 0 Å². The van der Waals surface area contributed by atoms with Crippen LogP contribution in [0.15, 0.2) is 42.5 Å². The number of benzene rings is 2. The number of para-hydroxylation sites is 2. The van der Waals surface area contributed by atoms with E-state index in [2.05, 4.69) is 5.32 Å². The normalized spacial score (nSPS) is 13.7. The smallest absolute Gasteiger partial charge is 0.422 e. The molecule has 10 heteroatoms. The van der Waals surface area contributed by atoms with Crippen LogP contribution < -0.4 is 19.7 Å². The SMILES string of the molecule is COc1cc(CCC(=O)Nc2ccccc2N2CCOC2=O)ccc1OCC(F)(F)F. The Labute approximate surface area is 176 Å². The van der Waals surface area contributed by atoms with E-state index in [1.54, 1.807) is 30.3 Å². The van der Waals surface area contributed by atoms with E-state index in [1.807, 2.05) is 0 Å². The topological polar surface area (TPSA) is 77.1 Å². The summed E-state index contributed by atoms with van der Waals surface area (Å²) in [6.07, 6.45) is -4.48. The van der Waals surface area contributed by atoms with Crippen molar-refractivity contribution in [3.63, 3.8) is 0 Å². The summed E-state index contributed by atoms with van der Waals surface area (Å²) in [5, 5.41) is 2.79. The predicted molar refractivity (Wildman–Crippen MR) is 107 cm³/mol. The fourth-order valence-corrected chi connectivity index (χ4v) is 3.04. The highest BCUT2D eigenvalue weighted by Gasteiger charge is 2.29. The first kappa shape index (κ1) is 22.3. The number of nitrogens with zero attached hydrogens (tertiary/aromatic N) is 1. The Bertz CT molecular complexity index is 949. The Morgan fingerprint density at radius 1 is 1.19 bits per heavy atom. The second-order valence-electron chi connectivity index (χ2n) is 6.72. The lowest BCUT2D eigenvalue weighted by atomic mass is 10.1. The van der Waals surface area contributed by atoms with Gasteiger partial charge in [-0.25, -0.2) is 4.79 Å². The zero-order valence-electron chi connectivity index (χ0n) is 16.7. The molecule has 0 aliphatic carbocycles. The summed E-state index contributed by atoms with van der Waals surface area (Å²) < 4.78 is 51.9. The minimum Gasteiger partial charge on any atom is -0.493 e. The number of anilines is 2. The summed E-state index contributed by atoms with van der Waals surface area (Å²) in [4.78, 5) is 25.7. The average Bonchev–Trinajstić information content (AvgIpc) is 3.16. The summed E-state index contributed by atoms with van der Waals surface area (Å²) in [7, 11) is 1.33. The van der Waals surface area contributed by atoms with Crippen LogP contribution in [0.5, 0.6) is 11.5 Å². The van der Waals surface area contributed by atoms with E-state index in [9.17, 15) is 22.8 Å². The van der Waals surface area contributed by atoms with Gasteiger partial charge in [0.1, 0.15) is 6.61 Å². The lowest BCUT2D eigenvalue weighted by molar-refractivity contribution is -0.153. The fourth-order valence-electron chi connectivity index (χ4n) is 3.04. The number of halogens is 3. The van der Waals surface area contributed by atoms with Gasteiger partial charge in [0.2, 0.25) is 5.91 Å². The maximum Gasteiger partial charge on any atom is 0.422 e. The zero-order chi connectivity index (χ0) is 22.4. The quantitative estimate of drug-likeness (QED) is 0.670. The molecule has 7 nitrogen and oxygen atoms in total. The largest absolute Gasteiger partial charge is 0.493 e. The number of aryl methyl sites for hydroxylation is 1. The van der Waals surface area contributed by atoms with E-state index >= 15 is 0 Å². The van der Waals surface area contributed by atoms with E-state index in [-0.39, 0.29) is 30.4 Å². The van der Waals surface area contributed by atoms with Crippen molar-refractivity contribution >= 4 is 23.4 Å². The molecule has 0 aromatic heterocycles. The Hall–Kier alpha value is -3.43. The van der Waals surface area contributed by atoms with Gasteiger partial charge in [0.15, 0.2) is 18.1 Å². The van der Waals surface area contributed by atoms with Gasteiger partial charge in [-0.1, -0.05) is 18.2 Å². The molecule has 166 valence electrons. The molecule has 0 spiro atoms. The van der Waals surface area contributed by atoms with Crippen molar-refractivity contribution in [2.24, 2.45) is 0 Å². The van der Waals surface area contributed by atoms with Crippen LogP contribution in [0.1, 0.15) is 12.0 Å². The summed E-state index contributed by atoms with van der Waals surface area (Å²) in [6, 6.07) is 11.4. The van der Waals surface area contributed by atoms with Crippen molar-refractivity contribution in [2.75, 3.05) is 37.1 Å². The van der Waals surface area contributed by atoms with Gasteiger partial charge in [-0.2, -0.15) is 13.2 Å². The number of carbonyl (C=O) groups is 2. The predicted octanol–water partition coefficient (Wildman–Crippen LogP) is 4.16. The first-order valence-corrected chi connectivity index (χ1v) is 9.46. The van der Waals surface area contributed by atoms with E-state index < -0.39 is 18.9 Å². The van der Waals surface area contributed by atoms with Gasteiger partial charge in [0.05, 0.1) is 25.0 Å². The Balaban J connectivity index is 1.61. The number of amides is 2. The minimum atomic E-state index is -4.45. The number of ether oxygens (including phenoxy) is 3. The summed E-state index contributed by atoms with van der Waals surface area (Å²) in [6.45, 7) is -0.741. The first-order valence-electron chi connectivity index (χ1n) is 9.46. The molecule has 0 bridgehead atoms. The lowest BCUT2D eigenvalue weighted by Crippen LogP contribution is -2.25. The van der Waals surface area contributed by atoms with Crippen LogP contribution in [0.2, 0.25) is 0 Å². The van der Waals surface area contributed by atoms with Crippen LogP contribution in [0.25, 0.3) is 0 Å². The molecule has 1 N–H and O–H groups in total. The molecule has 0 radical (unpaired) electrons. The molecule has 2 amide bonds. The van der Waals surface area contributed by atoms with Gasteiger partial charge in [-0.15, -0.1) is 0 Å². The second-order valence-corrected chi connectivity index (χ2v) is 6.72. The second kappa shape index (κ2) is 9.59. The third kappa shape index (κ3) is 6.03. The third-order valence-corrected chi connectivity index (χ3v) is 4.49. The highest BCUT2D eigenvalue weighted by atomic mass is 19.4. The molecule has 1 aliphatic heterocycles. The number of methoxy groups -OCH3 is 1. The highest BCUT2D eigenvalue weighted by Crippen LogP contribution is 2.31. The van der Waals surface area contributed by atoms with Crippen molar-refractivity contribution in [3.8, 4) is 11.5 Å².